The fourth-order valence-electron chi connectivity index (χ4n) is 1.72. The number of hydrogen-bond donors (Lipinski definition) is 2. The first-order chi connectivity index (χ1) is 10.5. The number of ether oxygens (including phenoxy) is 1. The second-order valence-corrected chi connectivity index (χ2v) is 5.49. The predicted molar refractivity (Wildman–Crippen MR) is 87.2 cm³/mol. The summed E-state index contributed by atoms with van der Waals surface area (Å²) in [6, 6.07) is 5.45. The number of nitrogens with one attached hydrogen (secondary N) is 1. The Kier molecular flexibility index (Phi) is 8.21. The van der Waals surface area contributed by atoms with Crippen molar-refractivity contribution >= 4 is 34.0 Å². The summed E-state index contributed by atoms with van der Waals surface area (Å²) in [5, 5.41) is 12.4. The number of carboxylic acids is 1. The summed E-state index contributed by atoms with van der Waals surface area (Å²) >= 11 is 3.39. The van der Waals surface area contributed by atoms with Crippen LogP contribution in [0.2, 0.25) is 0 Å². The minimum Gasteiger partial charge on any atom is -0.497 e. The molecule has 1 aromatic carbocycles. The van der Waals surface area contributed by atoms with Crippen molar-refractivity contribution in [2.24, 2.45) is 5.10 Å². The molecule has 0 saturated carbocycles. The van der Waals surface area contributed by atoms with Crippen LogP contribution in [-0.2, 0) is 9.59 Å². The summed E-state index contributed by atoms with van der Waals surface area (Å²) in [5.41, 5.74) is 3.24. The van der Waals surface area contributed by atoms with Gasteiger partial charge in [0, 0.05) is 22.9 Å². The highest BCUT2D eigenvalue weighted by Gasteiger charge is 2.02. The van der Waals surface area contributed by atoms with E-state index in [2.05, 4.69) is 26.5 Å². The maximum atomic E-state index is 11.6. The van der Waals surface area contributed by atoms with Crippen molar-refractivity contribution in [3.63, 3.8) is 0 Å². The van der Waals surface area contributed by atoms with Crippen molar-refractivity contribution in [2.45, 2.75) is 32.1 Å². The van der Waals surface area contributed by atoms with Crippen molar-refractivity contribution in [1.82, 2.24) is 5.43 Å². The van der Waals surface area contributed by atoms with Crippen molar-refractivity contribution < 1.29 is 19.4 Å². The highest BCUT2D eigenvalue weighted by molar-refractivity contribution is 9.10. The number of amides is 1. The molecular formula is C15H19BrN2O4. The van der Waals surface area contributed by atoms with E-state index < -0.39 is 5.97 Å². The maximum absolute atomic E-state index is 11.6. The molecule has 0 unspecified atom stereocenters. The summed E-state index contributed by atoms with van der Waals surface area (Å²) in [5.74, 6) is -0.294. The lowest BCUT2D eigenvalue weighted by Crippen LogP contribution is -2.17. The molecule has 0 saturated heterocycles. The topological polar surface area (TPSA) is 88.0 Å². The van der Waals surface area contributed by atoms with E-state index in [1.807, 2.05) is 12.1 Å². The van der Waals surface area contributed by atoms with Crippen LogP contribution in [0.1, 0.15) is 37.7 Å². The molecule has 0 spiro atoms. The molecule has 0 aliphatic heterocycles. The highest BCUT2D eigenvalue weighted by atomic mass is 79.9. The molecule has 0 radical (unpaired) electrons. The van der Waals surface area contributed by atoms with Crippen LogP contribution >= 0.6 is 15.9 Å². The summed E-state index contributed by atoms with van der Waals surface area (Å²) in [6.45, 7) is 0. The standard InChI is InChI=1S/C15H19BrN2O4/c1-22-12-7-8-13(16)11(9-12)10-17-18-14(19)5-3-2-4-6-15(20)21/h7-10H,2-6H2,1H3,(H,18,19)(H,20,21)/b17-10+. The first kappa shape index (κ1) is 18.2. The molecular weight excluding hydrogens is 352 g/mol. The van der Waals surface area contributed by atoms with E-state index in [4.69, 9.17) is 9.84 Å². The van der Waals surface area contributed by atoms with Gasteiger partial charge in [0.25, 0.3) is 0 Å². The summed E-state index contributed by atoms with van der Waals surface area (Å²) in [7, 11) is 1.58. The van der Waals surface area contributed by atoms with Gasteiger partial charge in [-0.1, -0.05) is 22.4 Å². The molecule has 0 aromatic heterocycles. The smallest absolute Gasteiger partial charge is 0.303 e. The number of carbonyl (C=O) groups excluding carboxylic acids is 1. The summed E-state index contributed by atoms with van der Waals surface area (Å²) < 4.78 is 5.97. The van der Waals surface area contributed by atoms with Gasteiger partial charge in [-0.3, -0.25) is 9.59 Å². The minimum absolute atomic E-state index is 0.142. The molecule has 2 N–H and O–H groups in total. The van der Waals surface area contributed by atoms with E-state index in [0.717, 1.165) is 10.0 Å². The van der Waals surface area contributed by atoms with Gasteiger partial charge in [-0.15, -0.1) is 0 Å². The fourth-order valence-corrected chi connectivity index (χ4v) is 2.07. The Balaban J connectivity index is 2.33. The Morgan fingerprint density at radius 1 is 1.32 bits per heavy atom. The monoisotopic (exact) mass is 370 g/mol. The number of halogens is 1. The zero-order chi connectivity index (χ0) is 16.4. The molecule has 1 amide bonds. The zero-order valence-electron chi connectivity index (χ0n) is 12.3. The Morgan fingerprint density at radius 3 is 2.73 bits per heavy atom. The molecule has 7 heteroatoms. The van der Waals surface area contributed by atoms with Gasteiger partial charge in [0.1, 0.15) is 5.75 Å². The average molecular weight is 371 g/mol. The molecule has 1 rings (SSSR count). The lowest BCUT2D eigenvalue weighted by Gasteiger charge is -2.03. The van der Waals surface area contributed by atoms with Crippen LogP contribution in [0.3, 0.4) is 0 Å². The van der Waals surface area contributed by atoms with Gasteiger partial charge in [-0.25, -0.2) is 5.43 Å². The van der Waals surface area contributed by atoms with Crippen molar-refractivity contribution in [1.29, 1.82) is 0 Å². The second kappa shape index (κ2) is 9.94. The number of methoxy groups -OCH3 is 1. The molecule has 22 heavy (non-hydrogen) atoms. The number of rotatable bonds is 9. The van der Waals surface area contributed by atoms with Crippen LogP contribution in [0.15, 0.2) is 27.8 Å². The van der Waals surface area contributed by atoms with Gasteiger partial charge in [0.2, 0.25) is 5.91 Å². The Morgan fingerprint density at radius 2 is 2.05 bits per heavy atom. The molecule has 120 valence electrons. The number of carboxylic acid groups (broad SMARTS) is 1. The number of hydrazone groups is 1. The molecule has 0 fully saturated rings. The Labute approximate surface area is 137 Å². The normalized spacial score (nSPS) is 10.6. The average Bonchev–Trinajstić information content (AvgIpc) is 2.48. The quantitative estimate of drug-likeness (QED) is 0.397. The Bertz CT molecular complexity index is 546. The predicted octanol–water partition coefficient (Wildman–Crippen LogP) is 2.94. The summed E-state index contributed by atoms with van der Waals surface area (Å²) in [4.78, 5) is 21.9. The van der Waals surface area contributed by atoms with Gasteiger partial charge in [-0.2, -0.15) is 5.10 Å². The van der Waals surface area contributed by atoms with Crippen LogP contribution in [0, 0.1) is 0 Å². The molecule has 0 heterocycles. The van der Waals surface area contributed by atoms with Crippen molar-refractivity contribution in [3.8, 4) is 5.75 Å². The third kappa shape index (κ3) is 7.21. The van der Waals surface area contributed by atoms with Crippen LogP contribution in [0.4, 0.5) is 0 Å². The largest absolute Gasteiger partial charge is 0.497 e. The molecule has 0 bridgehead atoms. The zero-order valence-corrected chi connectivity index (χ0v) is 13.9. The number of benzene rings is 1. The van der Waals surface area contributed by atoms with Gasteiger partial charge < -0.3 is 9.84 Å². The molecule has 6 nitrogen and oxygen atoms in total. The number of unbranched alkanes of at least 4 members (excludes halogenated alkanes) is 2. The number of aliphatic carboxylic acids is 1. The molecule has 0 atom stereocenters. The third-order valence-electron chi connectivity index (χ3n) is 2.89. The summed E-state index contributed by atoms with van der Waals surface area (Å²) in [6.07, 6.45) is 3.96. The van der Waals surface area contributed by atoms with E-state index in [1.165, 1.54) is 6.21 Å². The maximum Gasteiger partial charge on any atom is 0.303 e. The van der Waals surface area contributed by atoms with Gasteiger partial charge in [0.15, 0.2) is 0 Å². The van der Waals surface area contributed by atoms with E-state index in [0.29, 0.717) is 31.4 Å². The van der Waals surface area contributed by atoms with Crippen LogP contribution in [0.25, 0.3) is 0 Å². The number of hydrogen-bond acceptors (Lipinski definition) is 4. The SMILES string of the molecule is COc1ccc(Br)c(/C=N/NC(=O)CCCCCC(=O)O)c1. The second-order valence-electron chi connectivity index (χ2n) is 4.64. The first-order valence-electron chi connectivity index (χ1n) is 6.90. The van der Waals surface area contributed by atoms with E-state index in [1.54, 1.807) is 13.2 Å². The minimum atomic E-state index is -0.807. The van der Waals surface area contributed by atoms with Crippen molar-refractivity contribution in [2.75, 3.05) is 7.11 Å². The van der Waals surface area contributed by atoms with E-state index >= 15 is 0 Å². The van der Waals surface area contributed by atoms with Crippen LogP contribution < -0.4 is 10.2 Å². The number of nitrogens with zero attached hydrogens (tertiary/aromatic N) is 1. The van der Waals surface area contributed by atoms with Gasteiger partial charge in [-0.05, 0) is 31.0 Å². The molecule has 0 aliphatic carbocycles. The van der Waals surface area contributed by atoms with E-state index in [-0.39, 0.29) is 12.3 Å². The third-order valence-corrected chi connectivity index (χ3v) is 3.61. The first-order valence-corrected chi connectivity index (χ1v) is 7.69. The fraction of sp³-hybridized carbons (Fsp3) is 0.400. The number of carbonyl (C=O) groups is 2. The lowest BCUT2D eigenvalue weighted by atomic mass is 10.1. The van der Waals surface area contributed by atoms with Crippen LogP contribution in [0.5, 0.6) is 5.75 Å². The van der Waals surface area contributed by atoms with E-state index in [9.17, 15) is 9.59 Å². The lowest BCUT2D eigenvalue weighted by molar-refractivity contribution is -0.137. The molecule has 0 aliphatic rings. The van der Waals surface area contributed by atoms with Crippen LogP contribution in [-0.4, -0.2) is 30.3 Å². The van der Waals surface area contributed by atoms with Crippen molar-refractivity contribution in [3.05, 3.63) is 28.2 Å². The Hall–Kier alpha value is -1.89. The molecule has 1 aromatic rings. The van der Waals surface area contributed by atoms with Gasteiger partial charge >= 0.3 is 5.97 Å². The highest BCUT2D eigenvalue weighted by Crippen LogP contribution is 2.20. The van der Waals surface area contributed by atoms with Gasteiger partial charge in [0.05, 0.1) is 13.3 Å².